The second-order valence-electron chi connectivity index (χ2n) is 4.57. The van der Waals surface area contributed by atoms with Crippen molar-refractivity contribution in [2.24, 2.45) is 5.92 Å². The molecule has 0 amide bonds. The molecule has 0 saturated carbocycles. The molecule has 0 atom stereocenters. The fourth-order valence-corrected chi connectivity index (χ4v) is 2.37. The molecule has 0 fully saturated rings. The molecule has 1 aromatic carbocycles. The first-order valence-corrected chi connectivity index (χ1v) is 7.13. The van der Waals surface area contributed by atoms with Crippen molar-refractivity contribution in [3.63, 3.8) is 0 Å². The highest BCUT2D eigenvalue weighted by Gasteiger charge is 2.26. The van der Waals surface area contributed by atoms with Gasteiger partial charge in [-0.05, 0) is 30.2 Å². The maximum Gasteiger partial charge on any atom is 0.341 e. The lowest BCUT2D eigenvalue weighted by Crippen LogP contribution is -2.22. The molecule has 0 aliphatic rings. The van der Waals surface area contributed by atoms with E-state index in [9.17, 15) is 17.2 Å². The average Bonchev–Trinajstić information content (AvgIpc) is 2.28. The van der Waals surface area contributed by atoms with Gasteiger partial charge in [0.15, 0.2) is 0 Å². The molecule has 0 spiro atoms. The van der Waals surface area contributed by atoms with Crippen LogP contribution in [0.4, 0.5) is 14.5 Å². The molecule has 3 nitrogen and oxygen atoms in total. The zero-order valence-corrected chi connectivity index (χ0v) is 11.4. The summed E-state index contributed by atoms with van der Waals surface area (Å²) in [6, 6.07) is 5.51. The summed E-state index contributed by atoms with van der Waals surface area (Å²) >= 11 is 0. The fraction of sp³-hybridized carbons (Fsp3) is 0.500. The molecule has 0 radical (unpaired) electrons. The van der Waals surface area contributed by atoms with E-state index in [0.717, 1.165) is 12.2 Å². The third-order valence-electron chi connectivity index (χ3n) is 2.48. The van der Waals surface area contributed by atoms with Gasteiger partial charge in [0.1, 0.15) is 0 Å². The second-order valence-corrected chi connectivity index (χ2v) is 6.49. The Balaban J connectivity index is 2.94. The van der Waals surface area contributed by atoms with E-state index in [1.54, 1.807) is 0 Å². The van der Waals surface area contributed by atoms with Gasteiger partial charge in [0.25, 0.3) is 0 Å². The molecule has 102 valence electrons. The van der Waals surface area contributed by atoms with Crippen LogP contribution in [0.3, 0.4) is 0 Å². The zero-order chi connectivity index (χ0) is 13.9. The quantitative estimate of drug-likeness (QED) is 0.830. The van der Waals surface area contributed by atoms with Crippen molar-refractivity contribution in [2.75, 3.05) is 18.5 Å². The normalized spacial score (nSPS) is 12.2. The number of alkyl halides is 2. The number of sulfone groups is 1. The van der Waals surface area contributed by atoms with Crippen molar-refractivity contribution >= 4 is 15.5 Å². The van der Waals surface area contributed by atoms with Crippen LogP contribution < -0.4 is 4.90 Å². The first-order valence-electron chi connectivity index (χ1n) is 5.58. The van der Waals surface area contributed by atoms with E-state index >= 15 is 0 Å². The standard InChI is InChI=1S/C12H17F2NO2S/c1-9(2)8-15(3)10-4-6-11(7-5-10)18(16,17)12(13)14/h4-7,9,12H,8H2,1-3H3. The Morgan fingerprint density at radius 1 is 1.17 bits per heavy atom. The molecule has 0 N–H and O–H groups in total. The molecular formula is C12H17F2NO2S. The van der Waals surface area contributed by atoms with Gasteiger partial charge in [-0.25, -0.2) is 8.42 Å². The van der Waals surface area contributed by atoms with E-state index in [1.807, 2.05) is 11.9 Å². The monoisotopic (exact) mass is 277 g/mol. The Kier molecular flexibility index (Phi) is 4.67. The van der Waals surface area contributed by atoms with Crippen molar-refractivity contribution in [2.45, 2.75) is 24.5 Å². The van der Waals surface area contributed by atoms with Gasteiger partial charge < -0.3 is 4.90 Å². The Morgan fingerprint density at radius 2 is 1.67 bits per heavy atom. The smallest absolute Gasteiger partial charge is 0.341 e. The lowest BCUT2D eigenvalue weighted by Gasteiger charge is -2.21. The Labute approximate surface area is 106 Å². The van der Waals surface area contributed by atoms with Crippen molar-refractivity contribution in [1.82, 2.24) is 0 Å². The molecule has 1 rings (SSSR count). The van der Waals surface area contributed by atoms with E-state index in [0.29, 0.717) is 5.92 Å². The van der Waals surface area contributed by atoms with Crippen LogP contribution in [-0.4, -0.2) is 27.8 Å². The molecule has 1 aromatic rings. The number of benzene rings is 1. The molecule has 18 heavy (non-hydrogen) atoms. The second kappa shape index (κ2) is 5.65. The Bertz CT molecular complexity index is 483. The van der Waals surface area contributed by atoms with Crippen LogP contribution in [0.1, 0.15) is 13.8 Å². The Morgan fingerprint density at radius 3 is 2.06 bits per heavy atom. The molecule has 0 aromatic heterocycles. The van der Waals surface area contributed by atoms with Gasteiger partial charge >= 0.3 is 5.76 Å². The maximum absolute atomic E-state index is 12.3. The predicted octanol–water partition coefficient (Wildman–Crippen LogP) is 2.78. The van der Waals surface area contributed by atoms with Crippen LogP contribution in [0.15, 0.2) is 29.2 Å². The SMILES string of the molecule is CC(C)CN(C)c1ccc(S(=O)(=O)C(F)F)cc1. The van der Waals surface area contributed by atoms with E-state index in [1.165, 1.54) is 24.3 Å². The minimum absolute atomic E-state index is 0.348. The lowest BCUT2D eigenvalue weighted by atomic mass is 10.2. The van der Waals surface area contributed by atoms with Crippen LogP contribution in [-0.2, 0) is 9.84 Å². The molecule has 0 bridgehead atoms. The summed E-state index contributed by atoms with van der Waals surface area (Å²) in [5, 5.41) is 0. The lowest BCUT2D eigenvalue weighted by molar-refractivity contribution is 0.234. The van der Waals surface area contributed by atoms with Crippen molar-refractivity contribution < 1.29 is 17.2 Å². The van der Waals surface area contributed by atoms with Gasteiger partial charge in [-0.1, -0.05) is 13.8 Å². The van der Waals surface area contributed by atoms with Crippen LogP contribution in [0.5, 0.6) is 0 Å². The van der Waals surface area contributed by atoms with Crippen molar-refractivity contribution in [3.8, 4) is 0 Å². The van der Waals surface area contributed by atoms with E-state index in [2.05, 4.69) is 13.8 Å². The minimum atomic E-state index is -4.49. The van der Waals surface area contributed by atoms with E-state index in [-0.39, 0.29) is 4.90 Å². The van der Waals surface area contributed by atoms with Gasteiger partial charge in [0, 0.05) is 19.3 Å². The summed E-state index contributed by atoms with van der Waals surface area (Å²) in [5.41, 5.74) is 0.803. The van der Waals surface area contributed by atoms with Crippen molar-refractivity contribution in [3.05, 3.63) is 24.3 Å². The largest absolute Gasteiger partial charge is 0.374 e. The number of rotatable bonds is 5. The number of halogens is 2. The predicted molar refractivity (Wildman–Crippen MR) is 67.7 cm³/mol. The summed E-state index contributed by atoms with van der Waals surface area (Å²) in [4.78, 5) is 1.60. The Hall–Kier alpha value is -1.17. The van der Waals surface area contributed by atoms with E-state index in [4.69, 9.17) is 0 Å². The van der Waals surface area contributed by atoms with Gasteiger partial charge in [0.05, 0.1) is 4.90 Å². The molecule has 0 unspecified atom stereocenters. The highest BCUT2D eigenvalue weighted by atomic mass is 32.2. The average molecular weight is 277 g/mol. The first kappa shape index (κ1) is 14.9. The number of anilines is 1. The number of nitrogens with zero attached hydrogens (tertiary/aromatic N) is 1. The third kappa shape index (κ3) is 3.41. The summed E-state index contributed by atoms with van der Waals surface area (Å²) in [6.07, 6.45) is 0. The molecule has 0 heterocycles. The summed E-state index contributed by atoms with van der Waals surface area (Å²) in [6.45, 7) is 4.93. The summed E-state index contributed by atoms with van der Waals surface area (Å²) < 4.78 is 47.1. The highest BCUT2D eigenvalue weighted by Crippen LogP contribution is 2.22. The van der Waals surface area contributed by atoms with Gasteiger partial charge in [-0.15, -0.1) is 0 Å². The molecular weight excluding hydrogens is 260 g/mol. The van der Waals surface area contributed by atoms with E-state index < -0.39 is 15.6 Å². The van der Waals surface area contributed by atoms with Crippen LogP contribution in [0, 0.1) is 5.92 Å². The molecule has 0 aliphatic carbocycles. The maximum atomic E-state index is 12.3. The summed E-state index contributed by atoms with van der Waals surface area (Å²) in [5.74, 6) is -2.92. The molecule has 6 heteroatoms. The topological polar surface area (TPSA) is 37.4 Å². The van der Waals surface area contributed by atoms with Crippen LogP contribution in [0.2, 0.25) is 0 Å². The van der Waals surface area contributed by atoms with Crippen molar-refractivity contribution in [1.29, 1.82) is 0 Å². The highest BCUT2D eigenvalue weighted by molar-refractivity contribution is 7.91. The number of hydrogen-bond donors (Lipinski definition) is 0. The fourth-order valence-electron chi connectivity index (χ4n) is 1.65. The number of hydrogen-bond acceptors (Lipinski definition) is 3. The molecule has 0 saturated heterocycles. The minimum Gasteiger partial charge on any atom is -0.374 e. The van der Waals surface area contributed by atoms with Crippen LogP contribution >= 0.6 is 0 Å². The molecule has 0 aliphatic heterocycles. The summed E-state index contributed by atoms with van der Waals surface area (Å²) in [7, 11) is -2.62. The first-order chi connectivity index (χ1) is 8.25. The third-order valence-corrected chi connectivity index (χ3v) is 3.88. The zero-order valence-electron chi connectivity index (χ0n) is 10.6. The van der Waals surface area contributed by atoms with Gasteiger partial charge in [-0.3, -0.25) is 0 Å². The van der Waals surface area contributed by atoms with Crippen LogP contribution in [0.25, 0.3) is 0 Å². The van der Waals surface area contributed by atoms with Gasteiger partial charge in [-0.2, -0.15) is 8.78 Å². The van der Waals surface area contributed by atoms with Gasteiger partial charge in [0.2, 0.25) is 9.84 Å².